The van der Waals surface area contributed by atoms with Crippen molar-refractivity contribution in [3.63, 3.8) is 0 Å². The van der Waals surface area contributed by atoms with Gasteiger partial charge in [-0.15, -0.1) is 22.7 Å². The number of benzene rings is 8. The summed E-state index contributed by atoms with van der Waals surface area (Å²) in [5.41, 5.74) is 6.35. The number of rotatable bonds is 4. The largest absolute Gasteiger partial charge is 0.309 e. The molecule has 0 amide bonds. The minimum Gasteiger partial charge on any atom is -0.309 e. The predicted molar refractivity (Wildman–Crippen MR) is 234 cm³/mol. The average Bonchev–Trinajstić information content (AvgIpc) is 3.94. The first-order valence-corrected chi connectivity index (χ1v) is 20.0. The van der Waals surface area contributed by atoms with Gasteiger partial charge < -0.3 is 4.57 Å². The molecule has 0 unspecified atom stereocenters. The number of thiophene rings is 2. The molecule has 0 N–H and O–H groups in total. The van der Waals surface area contributed by atoms with E-state index in [1.165, 1.54) is 72.9 Å². The van der Waals surface area contributed by atoms with Crippen molar-refractivity contribution in [1.82, 2.24) is 19.5 Å². The van der Waals surface area contributed by atoms with E-state index < -0.39 is 0 Å². The second-order valence-electron chi connectivity index (χ2n) is 13.9. The zero-order valence-electron chi connectivity index (χ0n) is 29.3. The molecule has 0 spiro atoms. The third-order valence-electron chi connectivity index (χ3n) is 10.9. The van der Waals surface area contributed by atoms with E-state index in [9.17, 15) is 0 Å². The first kappa shape index (κ1) is 30.7. The SMILES string of the molecule is c1ccc(-c2nc(-c3ccc(-n4c5ccccc5c5ccccc54)cc3)nc(-c3cccc4sc5c6c7ccccc7sc6c6ccccc6c5c34)n2)cc1. The maximum Gasteiger partial charge on any atom is 0.164 e. The highest BCUT2D eigenvalue weighted by Crippen LogP contribution is 2.50. The van der Waals surface area contributed by atoms with Gasteiger partial charge in [-0.3, -0.25) is 0 Å². The van der Waals surface area contributed by atoms with Crippen molar-refractivity contribution >= 4 is 95.6 Å². The van der Waals surface area contributed by atoms with Gasteiger partial charge in [0.15, 0.2) is 17.5 Å². The first-order chi connectivity index (χ1) is 27.3. The first-order valence-electron chi connectivity index (χ1n) is 18.4. The van der Waals surface area contributed by atoms with Crippen LogP contribution in [0.5, 0.6) is 0 Å². The fraction of sp³-hybridized carbons (Fsp3) is 0. The highest BCUT2D eigenvalue weighted by atomic mass is 32.1. The van der Waals surface area contributed by atoms with Crippen molar-refractivity contribution in [2.45, 2.75) is 0 Å². The molecule has 0 saturated carbocycles. The maximum atomic E-state index is 5.29. The lowest BCUT2D eigenvalue weighted by Gasteiger charge is -2.11. The Labute approximate surface area is 323 Å². The molecule has 0 saturated heterocycles. The summed E-state index contributed by atoms with van der Waals surface area (Å²) in [5.74, 6) is 1.96. The van der Waals surface area contributed by atoms with E-state index in [4.69, 9.17) is 15.0 Å². The van der Waals surface area contributed by atoms with E-state index in [1.807, 2.05) is 40.9 Å². The molecule has 0 aliphatic rings. The number of hydrogen-bond acceptors (Lipinski definition) is 5. The van der Waals surface area contributed by atoms with Crippen molar-refractivity contribution in [3.8, 4) is 39.9 Å². The van der Waals surface area contributed by atoms with Crippen LogP contribution in [0.4, 0.5) is 0 Å². The molecule has 4 heterocycles. The molecule has 12 aromatic rings. The molecule has 8 aromatic carbocycles. The summed E-state index contributed by atoms with van der Waals surface area (Å²) in [5, 5.41) is 10.1. The quantitative estimate of drug-likeness (QED) is 0.181. The number of nitrogens with zero attached hydrogens (tertiary/aromatic N) is 4. The Hall–Kier alpha value is -6.73. The second-order valence-corrected chi connectivity index (χ2v) is 16.0. The van der Waals surface area contributed by atoms with E-state index in [0.717, 1.165) is 22.4 Å². The lowest BCUT2D eigenvalue weighted by atomic mass is 9.97. The summed E-state index contributed by atoms with van der Waals surface area (Å²) >= 11 is 3.76. The summed E-state index contributed by atoms with van der Waals surface area (Å²) in [6.45, 7) is 0. The summed E-state index contributed by atoms with van der Waals surface area (Å²) in [6, 6.07) is 60.3. The van der Waals surface area contributed by atoms with Gasteiger partial charge in [0.2, 0.25) is 0 Å². The molecule has 6 heteroatoms. The number of fused-ring (bicyclic) bond motifs is 13. The van der Waals surface area contributed by atoms with Crippen LogP contribution in [-0.2, 0) is 0 Å². The zero-order valence-corrected chi connectivity index (χ0v) is 30.9. The van der Waals surface area contributed by atoms with Gasteiger partial charge >= 0.3 is 0 Å². The Morgan fingerprint density at radius 3 is 1.62 bits per heavy atom. The van der Waals surface area contributed by atoms with Gasteiger partial charge in [0.1, 0.15) is 0 Å². The van der Waals surface area contributed by atoms with Crippen LogP contribution in [0.3, 0.4) is 0 Å². The van der Waals surface area contributed by atoms with Crippen LogP contribution >= 0.6 is 22.7 Å². The lowest BCUT2D eigenvalue weighted by Crippen LogP contribution is -2.01. The van der Waals surface area contributed by atoms with Gasteiger partial charge in [-0.05, 0) is 53.9 Å². The fourth-order valence-electron chi connectivity index (χ4n) is 8.43. The Balaban J connectivity index is 1.09. The Bertz CT molecular complexity index is 3430. The predicted octanol–water partition coefficient (Wildman–Crippen LogP) is 13.9. The molecule has 256 valence electrons. The molecule has 4 nitrogen and oxygen atoms in total. The second kappa shape index (κ2) is 11.9. The van der Waals surface area contributed by atoms with Crippen LogP contribution in [-0.4, -0.2) is 19.5 Å². The standard InChI is InChI=1S/C49H28N4S2/c1-2-13-29(14-3-1)47-50-48(30-25-27-31(28-26-30)53-38-21-9-6-15-32(38)33-16-7-10-22-39(33)53)52-49(51-47)37-20-12-24-41-42(37)43-34-17-4-5-18-35(34)45-44(46(43)55-41)36-19-8-11-23-40(36)54-45/h1-28H. The molecule has 0 aliphatic carbocycles. The van der Waals surface area contributed by atoms with Gasteiger partial charge in [-0.25, -0.2) is 15.0 Å². The van der Waals surface area contributed by atoms with Crippen LogP contribution < -0.4 is 0 Å². The molecule has 0 bridgehead atoms. The van der Waals surface area contributed by atoms with Crippen LogP contribution in [0.2, 0.25) is 0 Å². The van der Waals surface area contributed by atoms with Crippen molar-refractivity contribution in [3.05, 3.63) is 170 Å². The van der Waals surface area contributed by atoms with Crippen molar-refractivity contribution in [2.75, 3.05) is 0 Å². The highest BCUT2D eigenvalue weighted by molar-refractivity contribution is 7.30. The van der Waals surface area contributed by atoms with Crippen molar-refractivity contribution < 1.29 is 0 Å². The minimum absolute atomic E-state index is 0.644. The topological polar surface area (TPSA) is 43.6 Å². The average molecular weight is 737 g/mol. The van der Waals surface area contributed by atoms with Crippen LogP contribution in [0.1, 0.15) is 0 Å². The molecule has 0 fully saturated rings. The van der Waals surface area contributed by atoms with Crippen molar-refractivity contribution in [1.29, 1.82) is 0 Å². The molecular formula is C49H28N4S2. The van der Waals surface area contributed by atoms with Gasteiger partial charge in [0, 0.05) is 78.9 Å². The third-order valence-corrected chi connectivity index (χ3v) is 13.2. The normalized spacial score (nSPS) is 12.0. The Kier molecular flexibility index (Phi) is 6.64. The van der Waals surface area contributed by atoms with E-state index >= 15 is 0 Å². The smallest absolute Gasteiger partial charge is 0.164 e. The Morgan fingerprint density at radius 2 is 0.891 bits per heavy atom. The third kappa shape index (κ3) is 4.59. The van der Waals surface area contributed by atoms with Crippen molar-refractivity contribution in [2.24, 2.45) is 0 Å². The van der Waals surface area contributed by atoms with E-state index in [1.54, 1.807) is 0 Å². The summed E-state index contributed by atoms with van der Waals surface area (Å²) in [4.78, 5) is 15.6. The number of hydrogen-bond donors (Lipinski definition) is 0. The van der Waals surface area contributed by atoms with Crippen LogP contribution in [0.25, 0.3) is 113 Å². The van der Waals surface area contributed by atoms with Crippen LogP contribution in [0.15, 0.2) is 170 Å². The van der Waals surface area contributed by atoms with E-state index in [2.05, 4.69) is 156 Å². The van der Waals surface area contributed by atoms with Gasteiger partial charge in [-0.2, -0.15) is 0 Å². The highest BCUT2D eigenvalue weighted by Gasteiger charge is 2.22. The molecule has 0 radical (unpaired) electrons. The molecule has 4 aromatic heterocycles. The van der Waals surface area contributed by atoms with Gasteiger partial charge in [0.05, 0.1) is 11.0 Å². The Morgan fingerprint density at radius 1 is 0.345 bits per heavy atom. The minimum atomic E-state index is 0.644. The fourth-order valence-corrected chi connectivity index (χ4v) is 11.1. The summed E-state index contributed by atoms with van der Waals surface area (Å²) < 4.78 is 7.52. The monoisotopic (exact) mass is 736 g/mol. The molecule has 0 atom stereocenters. The lowest BCUT2D eigenvalue weighted by molar-refractivity contribution is 1.07. The molecule has 55 heavy (non-hydrogen) atoms. The van der Waals surface area contributed by atoms with Gasteiger partial charge in [0.25, 0.3) is 0 Å². The number of para-hydroxylation sites is 2. The van der Waals surface area contributed by atoms with E-state index in [-0.39, 0.29) is 0 Å². The number of aromatic nitrogens is 4. The maximum absolute atomic E-state index is 5.29. The molecule has 12 rings (SSSR count). The summed E-state index contributed by atoms with van der Waals surface area (Å²) in [7, 11) is 0. The molecular weight excluding hydrogens is 709 g/mol. The molecule has 0 aliphatic heterocycles. The summed E-state index contributed by atoms with van der Waals surface area (Å²) in [6.07, 6.45) is 0. The van der Waals surface area contributed by atoms with Crippen LogP contribution in [0, 0.1) is 0 Å². The van der Waals surface area contributed by atoms with E-state index in [0.29, 0.717) is 17.5 Å². The van der Waals surface area contributed by atoms with Gasteiger partial charge in [-0.1, -0.05) is 121 Å². The zero-order chi connectivity index (χ0) is 36.0.